The molecule has 0 aliphatic heterocycles. The van der Waals surface area contributed by atoms with Crippen molar-refractivity contribution >= 4 is 17.2 Å². The van der Waals surface area contributed by atoms with Crippen molar-refractivity contribution in [3.63, 3.8) is 0 Å². The summed E-state index contributed by atoms with van der Waals surface area (Å²) in [6, 6.07) is 15.4. The Labute approximate surface area is 182 Å². The second-order valence-corrected chi connectivity index (χ2v) is 8.12. The molecule has 30 heavy (non-hydrogen) atoms. The Hall–Kier alpha value is -2.86. The third-order valence-corrected chi connectivity index (χ3v) is 5.98. The quantitative estimate of drug-likeness (QED) is 0.456. The minimum absolute atomic E-state index is 0.0438. The van der Waals surface area contributed by atoms with Gasteiger partial charge in [0.25, 0.3) is 5.91 Å². The molecule has 158 valence electrons. The molecule has 0 N–H and O–H groups in total. The maximum Gasteiger partial charge on any atom is 0.254 e. The van der Waals surface area contributed by atoms with E-state index in [1.165, 1.54) is 11.3 Å². The van der Waals surface area contributed by atoms with Crippen molar-refractivity contribution in [1.82, 2.24) is 9.88 Å². The number of thiazole rings is 1. The first-order valence-corrected chi connectivity index (χ1v) is 11.0. The summed E-state index contributed by atoms with van der Waals surface area (Å²) >= 11 is 1.54. The number of hydrogen-bond donors (Lipinski definition) is 0. The highest BCUT2D eigenvalue weighted by atomic mass is 32.1. The zero-order valence-electron chi connectivity index (χ0n) is 17.9. The van der Waals surface area contributed by atoms with Crippen LogP contribution in [0, 0.1) is 6.92 Å². The van der Waals surface area contributed by atoms with Gasteiger partial charge in [-0.15, -0.1) is 11.3 Å². The summed E-state index contributed by atoms with van der Waals surface area (Å²) in [5.41, 5.74) is 2.61. The summed E-state index contributed by atoms with van der Waals surface area (Å²) in [6.07, 6.45) is 0.880. The largest absolute Gasteiger partial charge is 0.493 e. The molecule has 6 heteroatoms. The topological polar surface area (TPSA) is 51.7 Å². The van der Waals surface area contributed by atoms with Gasteiger partial charge in [-0.05, 0) is 44.0 Å². The number of aromatic nitrogens is 1. The van der Waals surface area contributed by atoms with Crippen molar-refractivity contribution in [3.8, 4) is 11.5 Å². The lowest BCUT2D eigenvalue weighted by molar-refractivity contribution is 0.0668. The third kappa shape index (κ3) is 5.19. The van der Waals surface area contributed by atoms with E-state index in [0.717, 1.165) is 28.2 Å². The molecular weight excluding hydrogens is 396 g/mol. The molecule has 0 saturated carbocycles. The fourth-order valence-corrected chi connectivity index (χ4v) is 3.85. The minimum Gasteiger partial charge on any atom is -0.493 e. The molecule has 0 unspecified atom stereocenters. The summed E-state index contributed by atoms with van der Waals surface area (Å²) in [5.74, 6) is 1.43. The van der Waals surface area contributed by atoms with E-state index in [9.17, 15) is 4.79 Å². The number of rotatable bonds is 9. The van der Waals surface area contributed by atoms with E-state index in [1.54, 1.807) is 7.11 Å². The molecule has 0 fully saturated rings. The summed E-state index contributed by atoms with van der Waals surface area (Å²) in [5, 5.41) is 2.87. The number of benzene rings is 2. The predicted octanol–water partition coefficient (Wildman–Crippen LogP) is 5.48. The third-order valence-electron chi connectivity index (χ3n) is 5.11. The second kappa shape index (κ2) is 10.3. The zero-order chi connectivity index (χ0) is 21.5. The monoisotopic (exact) mass is 424 g/mol. The van der Waals surface area contributed by atoms with Gasteiger partial charge in [0.15, 0.2) is 11.5 Å². The number of hydrogen-bond acceptors (Lipinski definition) is 5. The summed E-state index contributed by atoms with van der Waals surface area (Å²) in [6.45, 7) is 6.98. The molecule has 0 aliphatic rings. The lowest BCUT2D eigenvalue weighted by atomic mass is 10.1. The SMILES string of the molecule is CC[C@@H](C)N(Cc1csc(COc2ccccc2OC)n1)C(=O)c1ccccc1C. The van der Waals surface area contributed by atoms with Crippen LogP contribution >= 0.6 is 11.3 Å². The number of carbonyl (C=O) groups excluding carboxylic acids is 1. The Morgan fingerprint density at radius 1 is 1.13 bits per heavy atom. The van der Waals surface area contributed by atoms with Gasteiger partial charge in [-0.2, -0.15) is 0 Å². The van der Waals surface area contributed by atoms with E-state index in [-0.39, 0.29) is 11.9 Å². The number of carbonyl (C=O) groups is 1. The van der Waals surface area contributed by atoms with Gasteiger partial charge in [0.05, 0.1) is 19.3 Å². The number of aryl methyl sites for hydroxylation is 1. The highest BCUT2D eigenvalue weighted by molar-refractivity contribution is 7.09. The van der Waals surface area contributed by atoms with Gasteiger partial charge >= 0.3 is 0 Å². The first kappa shape index (κ1) is 21.8. The van der Waals surface area contributed by atoms with Crippen LogP contribution < -0.4 is 9.47 Å². The van der Waals surface area contributed by atoms with Crippen LogP contribution in [0.4, 0.5) is 0 Å². The molecule has 1 aromatic heterocycles. The molecule has 0 spiro atoms. The Balaban J connectivity index is 1.71. The number of amides is 1. The van der Waals surface area contributed by atoms with Crippen LogP contribution in [-0.4, -0.2) is 28.9 Å². The van der Waals surface area contributed by atoms with Crippen LogP contribution in [0.3, 0.4) is 0 Å². The van der Waals surface area contributed by atoms with E-state index in [0.29, 0.717) is 24.7 Å². The molecule has 3 rings (SSSR count). The first-order chi connectivity index (χ1) is 14.5. The standard InChI is InChI=1S/C24H28N2O3S/c1-5-18(3)26(24(27)20-11-7-6-10-17(20)2)14-19-16-30-23(25-19)15-29-22-13-9-8-12-21(22)28-4/h6-13,16,18H,5,14-15H2,1-4H3/t18-/m1/s1. The Morgan fingerprint density at radius 2 is 1.83 bits per heavy atom. The molecule has 1 atom stereocenters. The number of ether oxygens (including phenoxy) is 2. The van der Waals surface area contributed by atoms with Crippen LogP contribution in [0.1, 0.15) is 46.9 Å². The van der Waals surface area contributed by atoms with E-state index < -0.39 is 0 Å². The van der Waals surface area contributed by atoms with Crippen molar-refractivity contribution in [2.45, 2.75) is 46.4 Å². The van der Waals surface area contributed by atoms with Crippen LogP contribution in [0.25, 0.3) is 0 Å². The molecule has 5 nitrogen and oxygen atoms in total. The lowest BCUT2D eigenvalue weighted by Crippen LogP contribution is -2.38. The van der Waals surface area contributed by atoms with Crippen molar-refractivity contribution in [2.24, 2.45) is 0 Å². The first-order valence-electron chi connectivity index (χ1n) is 10.1. The van der Waals surface area contributed by atoms with Gasteiger partial charge in [0, 0.05) is 17.0 Å². The van der Waals surface area contributed by atoms with Crippen molar-refractivity contribution < 1.29 is 14.3 Å². The van der Waals surface area contributed by atoms with E-state index in [1.807, 2.05) is 65.7 Å². The average Bonchev–Trinajstić information content (AvgIpc) is 3.23. The minimum atomic E-state index is 0.0438. The molecular formula is C24H28N2O3S. The zero-order valence-corrected chi connectivity index (χ0v) is 18.7. The number of nitrogens with zero attached hydrogens (tertiary/aromatic N) is 2. The highest BCUT2D eigenvalue weighted by Gasteiger charge is 2.23. The van der Waals surface area contributed by atoms with Gasteiger partial charge in [-0.1, -0.05) is 37.3 Å². The fraction of sp³-hybridized carbons (Fsp3) is 0.333. The van der Waals surface area contributed by atoms with Gasteiger partial charge in [0.1, 0.15) is 11.6 Å². The maximum absolute atomic E-state index is 13.2. The molecule has 0 aliphatic carbocycles. The van der Waals surface area contributed by atoms with E-state index in [2.05, 4.69) is 13.8 Å². The predicted molar refractivity (Wildman–Crippen MR) is 120 cm³/mol. The van der Waals surface area contributed by atoms with Crippen molar-refractivity contribution in [2.75, 3.05) is 7.11 Å². The molecule has 3 aromatic rings. The van der Waals surface area contributed by atoms with Crippen molar-refractivity contribution in [3.05, 3.63) is 75.7 Å². The Morgan fingerprint density at radius 3 is 2.53 bits per heavy atom. The molecule has 0 radical (unpaired) electrons. The summed E-state index contributed by atoms with van der Waals surface area (Å²) in [4.78, 5) is 19.8. The van der Waals surface area contributed by atoms with E-state index >= 15 is 0 Å². The lowest BCUT2D eigenvalue weighted by Gasteiger charge is -2.28. The second-order valence-electron chi connectivity index (χ2n) is 7.18. The van der Waals surface area contributed by atoms with Crippen molar-refractivity contribution in [1.29, 1.82) is 0 Å². The number of para-hydroxylation sites is 2. The van der Waals surface area contributed by atoms with Gasteiger partial charge in [-0.3, -0.25) is 4.79 Å². The van der Waals surface area contributed by atoms with Crippen LogP contribution in [-0.2, 0) is 13.2 Å². The number of methoxy groups -OCH3 is 1. The van der Waals surface area contributed by atoms with E-state index in [4.69, 9.17) is 14.5 Å². The van der Waals surface area contributed by atoms with Crippen LogP contribution in [0.5, 0.6) is 11.5 Å². The normalized spacial score (nSPS) is 11.7. The van der Waals surface area contributed by atoms with Crippen LogP contribution in [0.15, 0.2) is 53.9 Å². The van der Waals surface area contributed by atoms with Gasteiger partial charge in [0.2, 0.25) is 0 Å². The van der Waals surface area contributed by atoms with Crippen LogP contribution in [0.2, 0.25) is 0 Å². The molecule has 2 aromatic carbocycles. The fourth-order valence-electron chi connectivity index (χ4n) is 3.16. The smallest absolute Gasteiger partial charge is 0.254 e. The molecule has 1 amide bonds. The highest BCUT2D eigenvalue weighted by Crippen LogP contribution is 2.27. The molecule has 0 saturated heterocycles. The van der Waals surface area contributed by atoms with Gasteiger partial charge in [-0.25, -0.2) is 4.98 Å². The molecule has 1 heterocycles. The maximum atomic E-state index is 13.2. The van der Waals surface area contributed by atoms with Gasteiger partial charge < -0.3 is 14.4 Å². The Kier molecular flexibility index (Phi) is 7.46. The summed E-state index contributed by atoms with van der Waals surface area (Å²) in [7, 11) is 1.62. The Bertz CT molecular complexity index is 986. The molecule has 0 bridgehead atoms. The summed E-state index contributed by atoms with van der Waals surface area (Å²) < 4.78 is 11.2. The average molecular weight is 425 g/mol.